The van der Waals surface area contributed by atoms with Gasteiger partial charge in [0.25, 0.3) is 0 Å². The summed E-state index contributed by atoms with van der Waals surface area (Å²) in [6.07, 6.45) is 0.835. The van der Waals surface area contributed by atoms with E-state index in [-0.39, 0.29) is 12.7 Å². The van der Waals surface area contributed by atoms with Gasteiger partial charge in [0, 0.05) is 25.4 Å². The van der Waals surface area contributed by atoms with Crippen molar-refractivity contribution in [3.63, 3.8) is 0 Å². The Hall–Kier alpha value is -2.38. The van der Waals surface area contributed by atoms with Crippen molar-refractivity contribution in [1.29, 1.82) is 0 Å². The number of benzene rings is 1. The van der Waals surface area contributed by atoms with Crippen LogP contribution in [0, 0.1) is 0 Å². The first-order valence-corrected chi connectivity index (χ1v) is 7.49. The highest BCUT2D eigenvalue weighted by molar-refractivity contribution is 5.40. The van der Waals surface area contributed by atoms with E-state index in [4.69, 9.17) is 14.2 Å². The molecule has 0 fully saturated rings. The monoisotopic (exact) mass is 317 g/mol. The van der Waals surface area contributed by atoms with Crippen LogP contribution in [0.3, 0.4) is 0 Å². The lowest BCUT2D eigenvalue weighted by Crippen LogP contribution is -2.41. The van der Waals surface area contributed by atoms with Gasteiger partial charge in [0.05, 0.1) is 0 Å². The predicted octanol–water partition coefficient (Wildman–Crippen LogP) is 0.646. The number of para-hydroxylation sites is 2. The fraction of sp³-hybridized carbons (Fsp3) is 0.375. The summed E-state index contributed by atoms with van der Waals surface area (Å²) in [7, 11) is 0. The first kappa shape index (κ1) is 15.5. The van der Waals surface area contributed by atoms with Crippen molar-refractivity contribution in [2.75, 3.05) is 26.3 Å². The van der Waals surface area contributed by atoms with Gasteiger partial charge in [-0.3, -0.25) is 0 Å². The predicted molar refractivity (Wildman–Crippen MR) is 82.8 cm³/mol. The molecule has 2 N–H and O–H groups in total. The van der Waals surface area contributed by atoms with E-state index >= 15 is 0 Å². The van der Waals surface area contributed by atoms with Crippen LogP contribution in [0.15, 0.2) is 42.6 Å². The average Bonchev–Trinajstić information content (AvgIpc) is 2.61. The molecule has 0 aliphatic carbocycles. The van der Waals surface area contributed by atoms with Crippen LogP contribution in [0.1, 0.15) is 0 Å². The Morgan fingerprint density at radius 1 is 1.26 bits per heavy atom. The molecular weight excluding hydrogens is 298 g/mol. The molecule has 0 saturated carbocycles. The van der Waals surface area contributed by atoms with Crippen molar-refractivity contribution in [3.05, 3.63) is 42.6 Å². The van der Waals surface area contributed by atoms with Gasteiger partial charge in [-0.1, -0.05) is 12.1 Å². The molecule has 2 unspecified atom stereocenters. The van der Waals surface area contributed by atoms with Gasteiger partial charge in [-0.2, -0.15) is 5.10 Å². The van der Waals surface area contributed by atoms with E-state index < -0.39 is 6.10 Å². The summed E-state index contributed by atoms with van der Waals surface area (Å²) in [6, 6.07) is 11.0. The first-order chi connectivity index (χ1) is 11.3. The largest absolute Gasteiger partial charge is 0.486 e. The van der Waals surface area contributed by atoms with Crippen molar-refractivity contribution in [3.8, 4) is 17.4 Å². The van der Waals surface area contributed by atoms with E-state index in [1.54, 1.807) is 18.3 Å². The SMILES string of the molecule is OC(CNCC1COc2ccccc2O1)COc1cccnn1. The normalized spacial score (nSPS) is 17.5. The summed E-state index contributed by atoms with van der Waals surface area (Å²) < 4.78 is 16.8. The van der Waals surface area contributed by atoms with Gasteiger partial charge in [-0.25, -0.2) is 0 Å². The van der Waals surface area contributed by atoms with Crippen LogP contribution in [0.5, 0.6) is 17.4 Å². The van der Waals surface area contributed by atoms with Crippen LogP contribution in [-0.4, -0.2) is 53.8 Å². The maximum absolute atomic E-state index is 9.89. The molecule has 23 heavy (non-hydrogen) atoms. The molecule has 2 heterocycles. The third kappa shape index (κ3) is 4.54. The summed E-state index contributed by atoms with van der Waals surface area (Å²) >= 11 is 0. The average molecular weight is 317 g/mol. The molecule has 0 radical (unpaired) electrons. The zero-order chi connectivity index (χ0) is 15.9. The van der Waals surface area contributed by atoms with Crippen LogP contribution in [-0.2, 0) is 0 Å². The molecule has 1 aliphatic rings. The van der Waals surface area contributed by atoms with Crippen LogP contribution in [0.25, 0.3) is 0 Å². The maximum atomic E-state index is 9.89. The number of rotatable bonds is 7. The Balaban J connectivity index is 1.35. The Labute approximate surface area is 134 Å². The fourth-order valence-electron chi connectivity index (χ4n) is 2.18. The molecule has 2 atom stereocenters. The third-order valence-corrected chi connectivity index (χ3v) is 3.29. The summed E-state index contributed by atoms with van der Waals surface area (Å²) in [5.74, 6) is 1.91. The van der Waals surface area contributed by atoms with Gasteiger partial charge in [0.1, 0.15) is 25.4 Å². The lowest BCUT2D eigenvalue weighted by atomic mass is 10.2. The highest BCUT2D eigenvalue weighted by atomic mass is 16.6. The van der Waals surface area contributed by atoms with Crippen molar-refractivity contribution < 1.29 is 19.3 Å². The molecule has 1 aliphatic heterocycles. The number of nitrogens with zero attached hydrogens (tertiary/aromatic N) is 2. The van der Waals surface area contributed by atoms with Crippen LogP contribution >= 0.6 is 0 Å². The van der Waals surface area contributed by atoms with Crippen molar-refractivity contribution in [2.45, 2.75) is 12.2 Å². The molecule has 0 saturated heterocycles. The quantitative estimate of drug-likeness (QED) is 0.775. The number of hydrogen-bond acceptors (Lipinski definition) is 7. The zero-order valence-corrected chi connectivity index (χ0v) is 12.6. The smallest absolute Gasteiger partial charge is 0.233 e. The summed E-state index contributed by atoms with van der Waals surface area (Å²) in [5, 5.41) is 20.5. The maximum Gasteiger partial charge on any atom is 0.233 e. The minimum absolute atomic E-state index is 0.0852. The molecule has 1 aromatic heterocycles. The molecule has 7 heteroatoms. The second-order valence-electron chi connectivity index (χ2n) is 5.18. The van der Waals surface area contributed by atoms with Gasteiger partial charge < -0.3 is 24.6 Å². The Morgan fingerprint density at radius 2 is 2.13 bits per heavy atom. The van der Waals surface area contributed by atoms with E-state index in [0.717, 1.165) is 11.5 Å². The van der Waals surface area contributed by atoms with Crippen molar-refractivity contribution >= 4 is 0 Å². The zero-order valence-electron chi connectivity index (χ0n) is 12.6. The summed E-state index contributed by atoms with van der Waals surface area (Å²) in [6.45, 7) is 1.60. The number of ether oxygens (including phenoxy) is 3. The van der Waals surface area contributed by atoms with Crippen molar-refractivity contribution in [2.24, 2.45) is 0 Å². The van der Waals surface area contributed by atoms with E-state index in [0.29, 0.717) is 25.6 Å². The van der Waals surface area contributed by atoms with Crippen LogP contribution in [0.4, 0.5) is 0 Å². The Bertz CT molecular complexity index is 611. The van der Waals surface area contributed by atoms with E-state index in [2.05, 4.69) is 15.5 Å². The molecule has 2 aromatic rings. The first-order valence-electron chi connectivity index (χ1n) is 7.49. The molecule has 7 nitrogen and oxygen atoms in total. The number of aromatic nitrogens is 2. The summed E-state index contributed by atoms with van der Waals surface area (Å²) in [5.41, 5.74) is 0. The molecule has 0 bridgehead atoms. The third-order valence-electron chi connectivity index (χ3n) is 3.29. The molecule has 3 rings (SSSR count). The lowest BCUT2D eigenvalue weighted by molar-refractivity contribution is 0.0770. The Kier molecular flexibility index (Phi) is 5.23. The second kappa shape index (κ2) is 7.75. The van der Waals surface area contributed by atoms with Gasteiger partial charge in [-0.15, -0.1) is 5.10 Å². The number of hydrogen-bond donors (Lipinski definition) is 2. The van der Waals surface area contributed by atoms with E-state index in [9.17, 15) is 5.11 Å². The topological polar surface area (TPSA) is 85.7 Å². The van der Waals surface area contributed by atoms with Crippen molar-refractivity contribution in [1.82, 2.24) is 15.5 Å². The van der Waals surface area contributed by atoms with Crippen LogP contribution in [0.2, 0.25) is 0 Å². The Morgan fingerprint density at radius 3 is 2.96 bits per heavy atom. The van der Waals surface area contributed by atoms with Gasteiger partial charge in [0.2, 0.25) is 5.88 Å². The highest BCUT2D eigenvalue weighted by Gasteiger charge is 2.20. The number of aliphatic hydroxyl groups is 1. The van der Waals surface area contributed by atoms with Gasteiger partial charge >= 0.3 is 0 Å². The van der Waals surface area contributed by atoms with E-state index in [1.165, 1.54) is 0 Å². The molecular formula is C16H19N3O4. The molecule has 0 spiro atoms. The minimum Gasteiger partial charge on any atom is -0.486 e. The highest BCUT2D eigenvalue weighted by Crippen LogP contribution is 2.30. The second-order valence-corrected chi connectivity index (χ2v) is 5.18. The fourth-order valence-corrected chi connectivity index (χ4v) is 2.18. The minimum atomic E-state index is -0.645. The lowest BCUT2D eigenvalue weighted by Gasteiger charge is -2.26. The molecule has 1 aromatic carbocycles. The standard InChI is InChI=1S/C16H19N3O4/c20-12(10-22-16-6-3-7-18-19-16)8-17-9-13-11-21-14-4-1-2-5-15(14)23-13/h1-7,12-13,17,20H,8-11H2. The van der Waals surface area contributed by atoms with Crippen LogP contribution < -0.4 is 19.5 Å². The van der Waals surface area contributed by atoms with Gasteiger partial charge in [-0.05, 0) is 18.2 Å². The molecule has 0 amide bonds. The number of aliphatic hydroxyl groups excluding tert-OH is 1. The van der Waals surface area contributed by atoms with E-state index in [1.807, 2.05) is 24.3 Å². The number of nitrogens with one attached hydrogen (secondary N) is 1. The van der Waals surface area contributed by atoms with Gasteiger partial charge in [0.15, 0.2) is 11.5 Å². The summed E-state index contributed by atoms with van der Waals surface area (Å²) in [4.78, 5) is 0. The molecule has 122 valence electrons. The number of fused-ring (bicyclic) bond motifs is 1.